The maximum Gasteiger partial charge on any atom is 0.228 e. The maximum absolute atomic E-state index is 12.7. The molecule has 2 aliphatic rings. The minimum Gasteiger partial charge on any atom is -0.493 e. The zero-order valence-electron chi connectivity index (χ0n) is 13.0. The zero-order valence-corrected chi connectivity index (χ0v) is 13.0. The van der Waals surface area contributed by atoms with Crippen LogP contribution in [0.3, 0.4) is 0 Å². The summed E-state index contributed by atoms with van der Waals surface area (Å²) in [6, 6.07) is 1.80. The minimum atomic E-state index is -0.235. The first-order chi connectivity index (χ1) is 10.5. The average molecular weight is 303 g/mol. The number of hydrogen-bond acceptors (Lipinski definition) is 4. The normalized spacial score (nSPS) is 21.4. The Labute approximate surface area is 129 Å². The molecule has 6 heteroatoms. The van der Waals surface area contributed by atoms with Crippen LogP contribution in [-0.2, 0) is 22.6 Å². The highest BCUT2D eigenvalue weighted by atomic mass is 16.3. The van der Waals surface area contributed by atoms with Crippen molar-refractivity contribution < 1.29 is 14.7 Å². The van der Waals surface area contributed by atoms with Crippen molar-refractivity contribution in [1.82, 2.24) is 14.8 Å². The monoisotopic (exact) mass is 303 g/mol. The largest absolute Gasteiger partial charge is 0.493 e. The van der Waals surface area contributed by atoms with E-state index in [1.54, 1.807) is 17.2 Å². The Morgan fingerprint density at radius 3 is 2.86 bits per heavy atom. The fourth-order valence-corrected chi connectivity index (χ4v) is 3.27. The molecule has 0 spiro atoms. The molecular formula is C16H21N3O3. The molecule has 0 saturated carbocycles. The third kappa shape index (κ3) is 2.65. The lowest BCUT2D eigenvalue weighted by molar-refractivity contribution is -0.136. The summed E-state index contributed by atoms with van der Waals surface area (Å²) in [7, 11) is 0. The van der Waals surface area contributed by atoms with E-state index >= 15 is 0 Å². The van der Waals surface area contributed by atoms with Gasteiger partial charge in [0.2, 0.25) is 17.7 Å². The molecule has 3 rings (SSSR count). The van der Waals surface area contributed by atoms with Crippen LogP contribution in [0.15, 0.2) is 12.3 Å². The van der Waals surface area contributed by atoms with E-state index in [0.29, 0.717) is 32.5 Å². The molecule has 2 amide bonds. The number of rotatable bonds is 2. The Balaban J connectivity index is 1.70. The van der Waals surface area contributed by atoms with Crippen LogP contribution < -0.4 is 0 Å². The first-order valence-corrected chi connectivity index (χ1v) is 7.70. The molecule has 1 unspecified atom stereocenters. The molecular weight excluding hydrogens is 282 g/mol. The number of carbonyl (C=O) groups is 2. The van der Waals surface area contributed by atoms with Gasteiger partial charge in [0.25, 0.3) is 0 Å². The number of nitrogens with zero attached hydrogens (tertiary/aromatic N) is 3. The van der Waals surface area contributed by atoms with Crippen molar-refractivity contribution >= 4 is 11.8 Å². The van der Waals surface area contributed by atoms with Crippen LogP contribution >= 0.6 is 0 Å². The van der Waals surface area contributed by atoms with Crippen molar-refractivity contribution in [2.75, 3.05) is 13.1 Å². The van der Waals surface area contributed by atoms with Gasteiger partial charge in [0.05, 0.1) is 5.92 Å². The average Bonchev–Trinajstić information content (AvgIpc) is 2.88. The number of carbonyl (C=O) groups excluding carboxylic acids is 2. The van der Waals surface area contributed by atoms with Crippen molar-refractivity contribution in [3.8, 4) is 5.88 Å². The number of amides is 2. The van der Waals surface area contributed by atoms with Crippen LogP contribution in [0.2, 0.25) is 0 Å². The summed E-state index contributed by atoms with van der Waals surface area (Å²) in [6.45, 7) is 5.60. The molecule has 1 aromatic heterocycles. The summed E-state index contributed by atoms with van der Waals surface area (Å²) >= 11 is 0. The second-order valence-corrected chi connectivity index (χ2v) is 6.36. The van der Waals surface area contributed by atoms with Crippen LogP contribution in [0.5, 0.6) is 5.88 Å². The van der Waals surface area contributed by atoms with E-state index in [4.69, 9.17) is 0 Å². The van der Waals surface area contributed by atoms with Gasteiger partial charge >= 0.3 is 0 Å². The predicted octanol–water partition coefficient (Wildman–Crippen LogP) is 0.929. The Bertz CT molecular complexity index is 615. The van der Waals surface area contributed by atoms with Crippen LogP contribution in [0.4, 0.5) is 0 Å². The van der Waals surface area contributed by atoms with Crippen molar-refractivity contribution in [2.45, 2.75) is 39.3 Å². The highest BCUT2D eigenvalue weighted by Gasteiger charge is 2.38. The fraction of sp³-hybridized carbons (Fsp3) is 0.562. The van der Waals surface area contributed by atoms with E-state index in [2.05, 4.69) is 4.98 Å². The molecule has 1 aromatic rings. The lowest BCUT2D eigenvalue weighted by Gasteiger charge is -2.30. The quantitative estimate of drug-likeness (QED) is 0.882. The summed E-state index contributed by atoms with van der Waals surface area (Å²) in [5.74, 6) is -0.0958. The topological polar surface area (TPSA) is 73.7 Å². The van der Waals surface area contributed by atoms with Crippen molar-refractivity contribution in [3.05, 3.63) is 23.4 Å². The molecule has 0 aliphatic carbocycles. The summed E-state index contributed by atoms with van der Waals surface area (Å²) in [5.41, 5.74) is 2.02. The van der Waals surface area contributed by atoms with Gasteiger partial charge in [0.15, 0.2) is 0 Å². The smallest absolute Gasteiger partial charge is 0.228 e. The van der Waals surface area contributed by atoms with Crippen LogP contribution in [0, 0.1) is 5.92 Å². The van der Waals surface area contributed by atoms with Gasteiger partial charge < -0.3 is 14.9 Å². The molecule has 3 heterocycles. The Morgan fingerprint density at radius 1 is 1.41 bits per heavy atom. The van der Waals surface area contributed by atoms with Gasteiger partial charge in [-0.1, -0.05) is 0 Å². The second-order valence-electron chi connectivity index (χ2n) is 6.36. The van der Waals surface area contributed by atoms with Gasteiger partial charge in [0.1, 0.15) is 0 Å². The number of aromatic hydroxyl groups is 1. The minimum absolute atomic E-state index is 0.0208. The highest BCUT2D eigenvalue weighted by molar-refractivity contribution is 5.89. The molecule has 0 radical (unpaired) electrons. The molecule has 1 fully saturated rings. The molecule has 0 aromatic carbocycles. The van der Waals surface area contributed by atoms with Gasteiger partial charge in [-0.3, -0.25) is 9.59 Å². The van der Waals surface area contributed by atoms with E-state index in [9.17, 15) is 14.7 Å². The van der Waals surface area contributed by atoms with E-state index < -0.39 is 0 Å². The van der Waals surface area contributed by atoms with Gasteiger partial charge in [0, 0.05) is 44.4 Å². The van der Waals surface area contributed by atoms with Crippen LogP contribution in [0.1, 0.15) is 31.4 Å². The molecule has 1 atom stereocenters. The lowest BCUT2D eigenvalue weighted by Crippen LogP contribution is -2.41. The third-order valence-corrected chi connectivity index (χ3v) is 4.52. The number of fused-ring (bicyclic) bond motifs is 1. The highest BCUT2D eigenvalue weighted by Crippen LogP contribution is 2.26. The van der Waals surface area contributed by atoms with Crippen molar-refractivity contribution in [3.63, 3.8) is 0 Å². The maximum atomic E-state index is 12.7. The first kappa shape index (κ1) is 14.8. The van der Waals surface area contributed by atoms with Gasteiger partial charge in [-0.25, -0.2) is 4.98 Å². The van der Waals surface area contributed by atoms with Crippen molar-refractivity contribution in [2.24, 2.45) is 5.92 Å². The number of aromatic nitrogens is 1. The Morgan fingerprint density at radius 2 is 2.18 bits per heavy atom. The van der Waals surface area contributed by atoms with E-state index in [-0.39, 0.29) is 29.7 Å². The van der Waals surface area contributed by atoms with Crippen LogP contribution in [-0.4, -0.2) is 50.8 Å². The number of likely N-dealkylation sites (tertiary alicyclic amines) is 1. The number of hydrogen-bond donors (Lipinski definition) is 1. The molecule has 22 heavy (non-hydrogen) atoms. The second kappa shape index (κ2) is 5.59. The molecule has 0 bridgehead atoms. The van der Waals surface area contributed by atoms with E-state index in [1.807, 2.05) is 18.7 Å². The van der Waals surface area contributed by atoms with Gasteiger partial charge in [-0.2, -0.15) is 0 Å². The fourth-order valence-electron chi connectivity index (χ4n) is 3.27. The summed E-state index contributed by atoms with van der Waals surface area (Å²) in [5, 5.41) is 9.41. The lowest BCUT2D eigenvalue weighted by atomic mass is 9.99. The molecule has 2 aliphatic heterocycles. The summed E-state index contributed by atoms with van der Waals surface area (Å²) in [6.07, 6.45) is 2.66. The molecule has 118 valence electrons. The van der Waals surface area contributed by atoms with Gasteiger partial charge in [-0.05, 0) is 31.4 Å². The van der Waals surface area contributed by atoms with Crippen molar-refractivity contribution in [1.29, 1.82) is 0 Å². The SMILES string of the molecule is CC(C)N1CC(C(=O)N2CCc3cc(O)ncc3C2)CC1=O. The first-order valence-electron chi connectivity index (χ1n) is 7.70. The Kier molecular flexibility index (Phi) is 3.76. The van der Waals surface area contributed by atoms with E-state index in [0.717, 1.165) is 11.1 Å². The molecule has 1 saturated heterocycles. The summed E-state index contributed by atoms with van der Waals surface area (Å²) < 4.78 is 0. The van der Waals surface area contributed by atoms with Gasteiger partial charge in [-0.15, -0.1) is 0 Å². The molecule has 1 N–H and O–H groups in total. The molecule has 6 nitrogen and oxygen atoms in total. The predicted molar refractivity (Wildman–Crippen MR) is 80.0 cm³/mol. The standard InChI is InChI=1S/C16H21N3O3/c1-10(2)19-9-12(6-15(19)21)16(22)18-4-3-11-5-14(20)17-7-13(11)8-18/h5,7,10,12H,3-4,6,8-9H2,1-2H3,(H,17,20). The van der Waals surface area contributed by atoms with Crippen LogP contribution in [0.25, 0.3) is 0 Å². The number of pyridine rings is 1. The zero-order chi connectivity index (χ0) is 15.9. The van der Waals surface area contributed by atoms with E-state index in [1.165, 1.54) is 0 Å². The third-order valence-electron chi connectivity index (χ3n) is 4.52. The Hall–Kier alpha value is -2.11. The summed E-state index contributed by atoms with van der Waals surface area (Å²) in [4.78, 5) is 32.1.